The maximum absolute atomic E-state index is 13.6. The Bertz CT molecular complexity index is 1450. The van der Waals surface area contributed by atoms with Gasteiger partial charge in [0, 0.05) is 29.6 Å². The summed E-state index contributed by atoms with van der Waals surface area (Å²) in [6.45, 7) is 3.74. The molecule has 0 aliphatic heterocycles. The molecule has 204 valence electrons. The van der Waals surface area contributed by atoms with Gasteiger partial charge < -0.3 is 24.9 Å². The maximum Gasteiger partial charge on any atom is 0.291 e. The first-order valence-electron chi connectivity index (χ1n) is 12.6. The molecule has 39 heavy (non-hydrogen) atoms. The van der Waals surface area contributed by atoms with Crippen LogP contribution in [0.5, 0.6) is 17.4 Å². The number of nitrogens with zero attached hydrogens (tertiary/aromatic N) is 2. The molecule has 0 spiro atoms. The van der Waals surface area contributed by atoms with E-state index in [4.69, 9.17) is 25.5 Å². The molecule has 0 unspecified atom stereocenters. The Morgan fingerprint density at radius 1 is 1.08 bits per heavy atom. The van der Waals surface area contributed by atoms with Crippen LogP contribution < -0.4 is 20.5 Å². The van der Waals surface area contributed by atoms with Crippen LogP contribution in [0.25, 0.3) is 10.9 Å². The van der Waals surface area contributed by atoms with E-state index < -0.39 is 5.82 Å². The normalized spacial score (nSPS) is 10.2. The number of allylic oxidation sites excluding steroid dienone is 1. The lowest BCUT2D eigenvalue weighted by Crippen LogP contribution is -1.98. The van der Waals surface area contributed by atoms with Crippen LogP contribution in [0.4, 0.5) is 15.9 Å². The Morgan fingerprint density at radius 3 is 2.67 bits per heavy atom. The van der Waals surface area contributed by atoms with Crippen LogP contribution >= 0.6 is 11.6 Å². The van der Waals surface area contributed by atoms with Crippen molar-refractivity contribution >= 4 is 34.0 Å². The molecule has 0 saturated heterocycles. The summed E-state index contributed by atoms with van der Waals surface area (Å²) in [5, 5.41) is 3.82. The number of benzene rings is 2. The molecule has 9 heteroatoms. The lowest BCUT2D eigenvalue weighted by Gasteiger charge is -2.13. The number of nitrogens with two attached hydrogens (primary N) is 1. The molecule has 0 bridgehead atoms. The maximum atomic E-state index is 13.6. The van der Waals surface area contributed by atoms with Gasteiger partial charge in [-0.15, -0.1) is 6.58 Å². The summed E-state index contributed by atoms with van der Waals surface area (Å²) in [5.41, 5.74) is 5.71. The van der Waals surface area contributed by atoms with Crippen LogP contribution in [0.15, 0.2) is 65.9 Å². The van der Waals surface area contributed by atoms with Crippen LogP contribution in [-0.4, -0.2) is 24.1 Å². The third-order valence-corrected chi connectivity index (χ3v) is 5.86. The second-order valence-corrected chi connectivity index (χ2v) is 8.67. The molecule has 0 aliphatic carbocycles. The van der Waals surface area contributed by atoms with Gasteiger partial charge in [-0.25, -0.2) is 14.4 Å². The molecule has 0 atom stereocenters. The van der Waals surface area contributed by atoms with E-state index in [1.165, 1.54) is 38.3 Å². The first kappa shape index (κ1) is 29.5. The summed E-state index contributed by atoms with van der Waals surface area (Å²) >= 11 is 5.92. The number of halogens is 2. The van der Waals surface area contributed by atoms with Crippen LogP contribution in [0.2, 0.25) is 5.02 Å². The summed E-state index contributed by atoms with van der Waals surface area (Å²) in [5.74, 6) is 7.89. The van der Waals surface area contributed by atoms with Gasteiger partial charge in [0.05, 0.1) is 17.6 Å². The first-order valence-corrected chi connectivity index (χ1v) is 12.9. The van der Waals surface area contributed by atoms with Gasteiger partial charge in [0.25, 0.3) is 5.95 Å². The van der Waals surface area contributed by atoms with Gasteiger partial charge in [-0.1, -0.05) is 36.4 Å². The van der Waals surface area contributed by atoms with Gasteiger partial charge in [0.15, 0.2) is 17.3 Å². The molecule has 0 fully saturated rings. The Morgan fingerprint density at radius 2 is 1.90 bits per heavy atom. The number of methoxy groups -OCH3 is 1. The summed E-state index contributed by atoms with van der Waals surface area (Å²) in [4.78, 5) is 8.66. The van der Waals surface area contributed by atoms with Crippen molar-refractivity contribution in [2.24, 2.45) is 5.73 Å². The molecule has 0 saturated carbocycles. The van der Waals surface area contributed by atoms with E-state index in [1.807, 2.05) is 6.08 Å². The predicted molar refractivity (Wildman–Crippen MR) is 154 cm³/mol. The minimum atomic E-state index is -0.498. The number of hydrogen-bond acceptors (Lipinski definition) is 7. The van der Waals surface area contributed by atoms with Gasteiger partial charge in [0.2, 0.25) is 0 Å². The van der Waals surface area contributed by atoms with Gasteiger partial charge in [-0.3, -0.25) is 0 Å². The fourth-order valence-corrected chi connectivity index (χ4v) is 3.85. The number of ether oxygens (including phenoxy) is 2. The molecular weight excluding hydrogens is 519 g/mol. The fraction of sp³-hybridized carbons (Fsp3) is 0.267. The van der Waals surface area contributed by atoms with E-state index in [0.717, 1.165) is 25.7 Å². The molecule has 7 nitrogen and oxygen atoms in total. The molecule has 4 aromatic rings. The third-order valence-electron chi connectivity index (χ3n) is 5.57. The topological polar surface area (TPSA) is 95.4 Å². The van der Waals surface area contributed by atoms with E-state index in [-0.39, 0.29) is 11.0 Å². The number of fused-ring (bicyclic) bond motifs is 1. The van der Waals surface area contributed by atoms with Gasteiger partial charge >= 0.3 is 0 Å². The summed E-state index contributed by atoms with van der Waals surface area (Å²) in [6, 6.07) is 11.3. The van der Waals surface area contributed by atoms with Crippen molar-refractivity contribution < 1.29 is 18.3 Å². The van der Waals surface area contributed by atoms with E-state index >= 15 is 0 Å². The van der Waals surface area contributed by atoms with Crippen molar-refractivity contribution in [3.63, 3.8) is 0 Å². The Balaban J connectivity index is 0.00000205. The zero-order valence-electron chi connectivity index (χ0n) is 22.1. The fourth-order valence-electron chi connectivity index (χ4n) is 3.67. The lowest BCUT2D eigenvalue weighted by molar-refractivity contribution is 0.321. The second kappa shape index (κ2) is 15.4. The second-order valence-electron chi connectivity index (χ2n) is 8.26. The quantitative estimate of drug-likeness (QED) is 0.111. The molecular formula is C30H32ClFN4O3. The number of rotatable bonds is 11. The highest BCUT2D eigenvalue weighted by molar-refractivity contribution is 6.31. The molecule has 2 aromatic heterocycles. The minimum absolute atomic E-state index is 0.00861. The molecule has 0 amide bonds. The third kappa shape index (κ3) is 8.47. The van der Waals surface area contributed by atoms with Crippen LogP contribution in [0.1, 0.15) is 44.3 Å². The number of furan rings is 1. The van der Waals surface area contributed by atoms with Gasteiger partial charge in [-0.05, 0) is 62.6 Å². The van der Waals surface area contributed by atoms with E-state index in [0.29, 0.717) is 39.7 Å². The highest BCUT2D eigenvalue weighted by Crippen LogP contribution is 2.38. The van der Waals surface area contributed by atoms with Crippen molar-refractivity contribution in [3.8, 4) is 29.3 Å². The average molecular weight is 551 g/mol. The Hall–Kier alpha value is -4.06. The highest BCUT2D eigenvalue weighted by atomic mass is 35.5. The van der Waals surface area contributed by atoms with E-state index in [9.17, 15) is 4.39 Å². The Kier molecular flexibility index (Phi) is 11.6. The monoisotopic (exact) mass is 550 g/mol. The number of aromatic nitrogens is 2. The zero-order chi connectivity index (χ0) is 28.0. The van der Waals surface area contributed by atoms with E-state index in [1.54, 1.807) is 37.4 Å². The van der Waals surface area contributed by atoms with Crippen molar-refractivity contribution in [1.29, 1.82) is 0 Å². The lowest BCUT2D eigenvalue weighted by atomic mass is 10.1. The predicted octanol–water partition coefficient (Wildman–Crippen LogP) is 8.01. The first-order chi connectivity index (χ1) is 19.1. The number of hydrogen-bond donors (Lipinski definition) is 2. The largest absolute Gasteiger partial charge is 0.493 e. The Labute approximate surface area is 233 Å². The van der Waals surface area contributed by atoms with Crippen molar-refractivity contribution in [1.82, 2.24) is 9.97 Å². The summed E-state index contributed by atoms with van der Waals surface area (Å²) in [6.07, 6.45) is 9.86. The van der Waals surface area contributed by atoms with Crippen molar-refractivity contribution in [2.75, 3.05) is 19.5 Å². The number of unbranched alkanes of at least 4 members (excludes halogenated alkanes) is 5. The molecule has 0 radical (unpaired) electrons. The molecule has 2 heterocycles. The van der Waals surface area contributed by atoms with Crippen molar-refractivity contribution in [3.05, 3.63) is 78.0 Å². The number of anilines is 2. The molecule has 2 aromatic carbocycles. The van der Waals surface area contributed by atoms with Crippen molar-refractivity contribution in [2.45, 2.75) is 38.5 Å². The molecule has 4 rings (SSSR count). The zero-order valence-corrected chi connectivity index (χ0v) is 22.9. The standard InChI is InChI=1S/C29H27ClFN3O3.CH5N/c1-3-4-5-6-7-8-9-10-11-21-13-15-28(36-21)37-27-17-22-25(18-26(27)35-2)32-19-33-29(22)34-20-12-14-24(31)23(30)16-20;1-2/h3,12-19H,1,4-9H2,2H3,(H,32,33,34);2H2,1H3. The average Bonchev–Trinajstić information content (AvgIpc) is 3.40. The van der Waals surface area contributed by atoms with Gasteiger partial charge in [0.1, 0.15) is 18.0 Å². The SMILES string of the molecule is C=CCCCCCCC#Cc1ccc(Oc2cc3c(Nc4ccc(F)c(Cl)c4)ncnc3cc2OC)o1.CN. The summed E-state index contributed by atoms with van der Waals surface area (Å²) < 4.78 is 30.8. The summed E-state index contributed by atoms with van der Waals surface area (Å²) in [7, 11) is 3.05. The molecule has 3 N–H and O–H groups in total. The van der Waals surface area contributed by atoms with Crippen LogP contribution in [0, 0.1) is 17.7 Å². The molecule has 0 aliphatic rings. The smallest absolute Gasteiger partial charge is 0.291 e. The van der Waals surface area contributed by atoms with Crippen LogP contribution in [0.3, 0.4) is 0 Å². The minimum Gasteiger partial charge on any atom is -0.493 e. The highest BCUT2D eigenvalue weighted by Gasteiger charge is 2.14. The van der Waals surface area contributed by atoms with Crippen LogP contribution in [-0.2, 0) is 0 Å². The van der Waals surface area contributed by atoms with Gasteiger partial charge in [-0.2, -0.15) is 0 Å². The van der Waals surface area contributed by atoms with E-state index in [2.05, 4.69) is 39.4 Å². The number of nitrogens with one attached hydrogen (secondary N) is 1.